The normalized spacial score (nSPS) is 12.7. The molecule has 40 heavy (non-hydrogen) atoms. The summed E-state index contributed by atoms with van der Waals surface area (Å²) in [5.74, 6) is -0.973. The molecule has 0 aromatic heterocycles. The first-order chi connectivity index (χ1) is 19.1. The van der Waals surface area contributed by atoms with Gasteiger partial charge in [-0.2, -0.15) is 0 Å². The topological polar surface area (TPSA) is 96.0 Å². The van der Waals surface area contributed by atoms with Gasteiger partial charge in [-0.25, -0.2) is 12.8 Å². The van der Waals surface area contributed by atoms with Crippen molar-refractivity contribution in [1.29, 1.82) is 0 Å². The van der Waals surface area contributed by atoms with Crippen LogP contribution in [0.3, 0.4) is 0 Å². The average molecular weight is 570 g/mol. The molecule has 2 atom stereocenters. The van der Waals surface area contributed by atoms with Crippen molar-refractivity contribution >= 4 is 27.5 Å². The predicted molar refractivity (Wildman–Crippen MR) is 153 cm³/mol. The average Bonchev–Trinajstić information content (AvgIpc) is 2.96. The first-order valence-electron chi connectivity index (χ1n) is 13.1. The maximum atomic E-state index is 13.8. The highest BCUT2D eigenvalue weighted by molar-refractivity contribution is 7.92. The van der Waals surface area contributed by atoms with E-state index < -0.39 is 34.3 Å². The van der Waals surface area contributed by atoms with Crippen LogP contribution in [0.5, 0.6) is 5.75 Å². The highest BCUT2D eigenvalue weighted by atomic mass is 32.2. The molecule has 3 aromatic carbocycles. The summed E-state index contributed by atoms with van der Waals surface area (Å²) in [6, 6.07) is 19.2. The van der Waals surface area contributed by atoms with E-state index in [9.17, 15) is 22.4 Å². The number of halogens is 1. The molecule has 0 aliphatic carbocycles. The van der Waals surface area contributed by atoms with Crippen LogP contribution in [0.15, 0.2) is 83.8 Å². The Bertz CT molecular complexity index is 1370. The van der Waals surface area contributed by atoms with Crippen LogP contribution in [0.4, 0.5) is 10.1 Å². The van der Waals surface area contributed by atoms with Gasteiger partial charge in [0.15, 0.2) is 0 Å². The highest BCUT2D eigenvalue weighted by Crippen LogP contribution is 2.26. The first kappa shape index (κ1) is 30.6. The SMILES string of the molecule is CCC(C)NC(=O)C(C)N(CCc1ccccc1)C(=O)CN(c1ccc(F)cc1)S(=O)(=O)c1ccc(OC)cc1. The third kappa shape index (κ3) is 7.81. The van der Waals surface area contributed by atoms with Crippen LogP contribution in [-0.2, 0) is 26.0 Å². The molecule has 0 saturated heterocycles. The Labute approximate surface area is 235 Å². The molecule has 0 aliphatic heterocycles. The van der Waals surface area contributed by atoms with Crippen molar-refractivity contribution in [1.82, 2.24) is 10.2 Å². The van der Waals surface area contributed by atoms with Gasteiger partial charge >= 0.3 is 0 Å². The molecule has 0 fully saturated rings. The molecule has 2 amide bonds. The van der Waals surface area contributed by atoms with Crippen molar-refractivity contribution in [3.63, 3.8) is 0 Å². The number of nitrogens with zero attached hydrogens (tertiary/aromatic N) is 2. The van der Waals surface area contributed by atoms with Crippen LogP contribution < -0.4 is 14.4 Å². The monoisotopic (exact) mass is 569 g/mol. The molecule has 1 N–H and O–H groups in total. The van der Waals surface area contributed by atoms with Crippen LogP contribution in [0, 0.1) is 5.82 Å². The number of amides is 2. The molecule has 3 rings (SSSR count). The molecular weight excluding hydrogens is 533 g/mol. The van der Waals surface area contributed by atoms with E-state index in [-0.39, 0.29) is 29.1 Å². The zero-order chi connectivity index (χ0) is 29.3. The zero-order valence-corrected chi connectivity index (χ0v) is 24.0. The van der Waals surface area contributed by atoms with Gasteiger partial charge in [-0.3, -0.25) is 13.9 Å². The smallest absolute Gasteiger partial charge is 0.264 e. The van der Waals surface area contributed by atoms with E-state index in [1.807, 2.05) is 44.2 Å². The van der Waals surface area contributed by atoms with Crippen molar-refractivity contribution in [3.8, 4) is 5.75 Å². The standard InChI is InChI=1S/C30H36FN3O5S/c1-5-22(2)32-30(36)23(3)33(20-19-24-9-7-6-8-10-24)29(35)21-34(26-13-11-25(31)12-14-26)40(37,38)28-17-15-27(39-4)16-18-28/h6-18,22-23H,5,19-21H2,1-4H3,(H,32,36). The van der Waals surface area contributed by atoms with Gasteiger partial charge < -0.3 is 15.0 Å². The number of sulfonamides is 1. The lowest BCUT2D eigenvalue weighted by Gasteiger charge is -2.32. The summed E-state index contributed by atoms with van der Waals surface area (Å²) in [7, 11) is -2.78. The molecule has 0 heterocycles. The second-order valence-electron chi connectivity index (χ2n) is 9.48. The van der Waals surface area contributed by atoms with Gasteiger partial charge in [-0.1, -0.05) is 37.3 Å². The lowest BCUT2D eigenvalue weighted by atomic mass is 10.1. The number of anilines is 1. The maximum absolute atomic E-state index is 13.8. The quantitative estimate of drug-likeness (QED) is 0.329. The Morgan fingerprint density at radius 2 is 1.57 bits per heavy atom. The fourth-order valence-electron chi connectivity index (χ4n) is 4.05. The third-order valence-electron chi connectivity index (χ3n) is 6.69. The van der Waals surface area contributed by atoms with E-state index in [2.05, 4.69) is 5.32 Å². The summed E-state index contributed by atoms with van der Waals surface area (Å²) in [5, 5.41) is 2.90. The molecule has 0 saturated carbocycles. The Morgan fingerprint density at radius 1 is 0.950 bits per heavy atom. The Morgan fingerprint density at radius 3 is 2.15 bits per heavy atom. The van der Waals surface area contributed by atoms with Gasteiger partial charge in [-0.05, 0) is 80.8 Å². The first-order valence-corrected chi connectivity index (χ1v) is 14.6. The molecule has 10 heteroatoms. The molecule has 0 bridgehead atoms. The van der Waals surface area contributed by atoms with Crippen molar-refractivity contribution in [2.45, 2.75) is 50.6 Å². The van der Waals surface area contributed by atoms with Crippen molar-refractivity contribution in [2.24, 2.45) is 0 Å². The number of nitrogens with one attached hydrogen (secondary N) is 1. The minimum atomic E-state index is -4.25. The number of hydrogen-bond acceptors (Lipinski definition) is 5. The van der Waals surface area contributed by atoms with Crippen molar-refractivity contribution in [2.75, 3.05) is 24.5 Å². The van der Waals surface area contributed by atoms with E-state index in [0.717, 1.165) is 28.4 Å². The minimum Gasteiger partial charge on any atom is -0.497 e. The van der Waals surface area contributed by atoms with Crippen LogP contribution in [0.2, 0.25) is 0 Å². The van der Waals surface area contributed by atoms with Crippen LogP contribution in [0.1, 0.15) is 32.8 Å². The predicted octanol–water partition coefficient (Wildman–Crippen LogP) is 4.40. The second kappa shape index (κ2) is 13.9. The fourth-order valence-corrected chi connectivity index (χ4v) is 5.46. The van der Waals surface area contributed by atoms with Gasteiger partial charge in [0.05, 0.1) is 17.7 Å². The molecule has 214 valence electrons. The van der Waals surface area contributed by atoms with E-state index >= 15 is 0 Å². The lowest BCUT2D eigenvalue weighted by Crippen LogP contribution is -2.53. The summed E-state index contributed by atoms with van der Waals surface area (Å²) in [6.45, 7) is 5.05. The number of methoxy groups -OCH3 is 1. The van der Waals surface area contributed by atoms with Crippen LogP contribution in [0.25, 0.3) is 0 Å². The number of hydrogen-bond donors (Lipinski definition) is 1. The summed E-state index contributed by atoms with van der Waals surface area (Å²) >= 11 is 0. The summed E-state index contributed by atoms with van der Waals surface area (Å²) in [4.78, 5) is 28.2. The number of carbonyl (C=O) groups is 2. The Balaban J connectivity index is 1.97. The van der Waals surface area contributed by atoms with Gasteiger partial charge in [0, 0.05) is 12.6 Å². The number of benzene rings is 3. The largest absolute Gasteiger partial charge is 0.497 e. The van der Waals surface area contributed by atoms with Gasteiger partial charge in [0.2, 0.25) is 11.8 Å². The van der Waals surface area contributed by atoms with Crippen molar-refractivity contribution in [3.05, 3.63) is 90.2 Å². The summed E-state index contributed by atoms with van der Waals surface area (Å²) in [6.07, 6.45) is 1.18. The minimum absolute atomic E-state index is 0.0659. The Hall–Kier alpha value is -3.92. The molecule has 0 radical (unpaired) electrons. The maximum Gasteiger partial charge on any atom is 0.264 e. The molecular formula is C30H36FN3O5S. The summed E-state index contributed by atoms with van der Waals surface area (Å²) < 4.78 is 47.4. The molecule has 0 aliphatic rings. The van der Waals surface area contributed by atoms with Crippen LogP contribution >= 0.6 is 0 Å². The molecule has 8 nitrogen and oxygen atoms in total. The molecule has 3 aromatic rings. The second-order valence-corrected chi connectivity index (χ2v) is 11.3. The zero-order valence-electron chi connectivity index (χ0n) is 23.2. The highest BCUT2D eigenvalue weighted by Gasteiger charge is 2.32. The number of ether oxygens (including phenoxy) is 1. The molecule has 2 unspecified atom stereocenters. The van der Waals surface area contributed by atoms with E-state index in [4.69, 9.17) is 4.74 Å². The van der Waals surface area contributed by atoms with E-state index in [0.29, 0.717) is 12.2 Å². The lowest BCUT2D eigenvalue weighted by molar-refractivity contribution is -0.139. The number of rotatable bonds is 13. The Kier molecular flexibility index (Phi) is 10.7. The van der Waals surface area contributed by atoms with Gasteiger partial charge in [0.1, 0.15) is 24.2 Å². The van der Waals surface area contributed by atoms with E-state index in [1.165, 1.54) is 48.4 Å². The van der Waals surface area contributed by atoms with E-state index in [1.54, 1.807) is 6.92 Å². The summed E-state index contributed by atoms with van der Waals surface area (Å²) in [5.41, 5.74) is 1.08. The van der Waals surface area contributed by atoms with Crippen molar-refractivity contribution < 1.29 is 27.1 Å². The van der Waals surface area contributed by atoms with Gasteiger partial charge in [0.25, 0.3) is 10.0 Å². The number of carbonyl (C=O) groups excluding carboxylic acids is 2. The third-order valence-corrected chi connectivity index (χ3v) is 8.48. The fraction of sp³-hybridized carbons (Fsp3) is 0.333. The molecule has 0 spiro atoms. The van der Waals surface area contributed by atoms with Gasteiger partial charge in [-0.15, -0.1) is 0 Å². The van der Waals surface area contributed by atoms with Crippen LogP contribution in [-0.4, -0.2) is 57.4 Å².